The summed E-state index contributed by atoms with van der Waals surface area (Å²) in [6.45, 7) is 0. The molecule has 6 aromatic rings. The SMILES string of the molecule is O=S(=O)([O][Sn]([c]1ccccc1)([c]1ccccc1)[c]1ccccc1)[O][Sn]([c]1ccccc1)([c]1ccccc1)[c]1ccccc1. The molecule has 0 aliphatic rings. The summed E-state index contributed by atoms with van der Waals surface area (Å²) < 4.78 is 48.2. The van der Waals surface area contributed by atoms with Gasteiger partial charge in [0.25, 0.3) is 0 Å². The van der Waals surface area contributed by atoms with Crippen LogP contribution in [0.4, 0.5) is 0 Å². The van der Waals surface area contributed by atoms with E-state index in [1.807, 2.05) is 182 Å². The van der Waals surface area contributed by atoms with Crippen molar-refractivity contribution < 1.29 is 13.5 Å². The second-order valence-electron chi connectivity index (χ2n) is 10.1. The van der Waals surface area contributed by atoms with E-state index in [0.717, 1.165) is 21.5 Å². The molecule has 0 atom stereocenters. The van der Waals surface area contributed by atoms with Crippen LogP contribution in [0.25, 0.3) is 0 Å². The Balaban J connectivity index is 1.60. The molecular formula is C36H30O4SSn2. The summed E-state index contributed by atoms with van der Waals surface area (Å²) in [5.41, 5.74) is 0. The first-order valence-corrected chi connectivity index (χ1v) is 26.3. The van der Waals surface area contributed by atoms with Gasteiger partial charge in [0, 0.05) is 0 Å². The Hall–Kier alpha value is -3.21. The van der Waals surface area contributed by atoms with E-state index in [1.165, 1.54) is 0 Å². The van der Waals surface area contributed by atoms with Crippen LogP contribution in [0.15, 0.2) is 182 Å². The van der Waals surface area contributed by atoms with Gasteiger partial charge in [-0.15, -0.1) is 0 Å². The van der Waals surface area contributed by atoms with Crippen molar-refractivity contribution in [3.63, 3.8) is 0 Å². The molecule has 0 N–H and O–H groups in total. The van der Waals surface area contributed by atoms with Crippen LogP contribution in [-0.4, -0.2) is 46.0 Å². The molecule has 0 heterocycles. The second kappa shape index (κ2) is 13.2. The van der Waals surface area contributed by atoms with E-state index < -0.39 is 48.0 Å². The third kappa shape index (κ3) is 6.10. The molecule has 0 aliphatic carbocycles. The average molecular weight is 796 g/mol. The molecule has 7 heteroatoms. The van der Waals surface area contributed by atoms with Gasteiger partial charge < -0.3 is 0 Å². The molecule has 0 amide bonds. The number of hydrogen-bond acceptors (Lipinski definition) is 4. The van der Waals surface area contributed by atoms with Crippen LogP contribution in [0, 0.1) is 0 Å². The van der Waals surface area contributed by atoms with Crippen LogP contribution < -0.4 is 21.5 Å². The van der Waals surface area contributed by atoms with E-state index in [1.54, 1.807) is 0 Å². The number of hydrogen-bond donors (Lipinski definition) is 0. The van der Waals surface area contributed by atoms with Crippen molar-refractivity contribution in [3.05, 3.63) is 182 Å². The van der Waals surface area contributed by atoms with Gasteiger partial charge in [0.15, 0.2) is 0 Å². The van der Waals surface area contributed by atoms with Crippen molar-refractivity contribution in [1.82, 2.24) is 0 Å². The summed E-state index contributed by atoms with van der Waals surface area (Å²) in [4.78, 5) is 0. The molecule has 0 bridgehead atoms. The predicted octanol–water partition coefficient (Wildman–Crippen LogP) is 3.60. The zero-order valence-electron chi connectivity index (χ0n) is 23.4. The molecule has 0 radical (unpaired) electrons. The summed E-state index contributed by atoms with van der Waals surface area (Å²) in [6, 6.07) is 58.6. The van der Waals surface area contributed by atoms with Gasteiger partial charge in [0.05, 0.1) is 0 Å². The van der Waals surface area contributed by atoms with E-state index in [9.17, 15) is 8.42 Å². The van der Waals surface area contributed by atoms with Crippen LogP contribution >= 0.6 is 0 Å². The van der Waals surface area contributed by atoms with Gasteiger partial charge in [0.2, 0.25) is 0 Å². The van der Waals surface area contributed by atoms with Gasteiger partial charge in [-0.2, -0.15) is 0 Å². The van der Waals surface area contributed by atoms with E-state index in [0.29, 0.717) is 0 Å². The quantitative estimate of drug-likeness (QED) is 0.199. The molecule has 0 aromatic heterocycles. The normalized spacial score (nSPS) is 12.1. The monoisotopic (exact) mass is 798 g/mol. The van der Waals surface area contributed by atoms with Crippen molar-refractivity contribution in [2.45, 2.75) is 0 Å². The van der Waals surface area contributed by atoms with Crippen molar-refractivity contribution in [2.24, 2.45) is 0 Å². The summed E-state index contributed by atoms with van der Waals surface area (Å²) in [5.74, 6) is 0. The fourth-order valence-corrected chi connectivity index (χ4v) is 36.3. The first-order valence-electron chi connectivity index (χ1n) is 14.0. The van der Waals surface area contributed by atoms with Crippen LogP contribution in [0.5, 0.6) is 0 Å². The zero-order chi connectivity index (χ0) is 29.6. The molecule has 0 fully saturated rings. The molecule has 4 nitrogen and oxygen atoms in total. The van der Waals surface area contributed by atoms with E-state index in [2.05, 4.69) is 0 Å². The first-order chi connectivity index (χ1) is 21.0. The third-order valence-electron chi connectivity index (χ3n) is 7.54. The van der Waals surface area contributed by atoms with Gasteiger partial charge in [-0.25, -0.2) is 0 Å². The minimum absolute atomic E-state index is 0.876. The maximum absolute atomic E-state index is 14.8. The second-order valence-corrected chi connectivity index (χ2v) is 31.8. The standard InChI is InChI=1S/6C6H5.H2O4S.2Sn/c6*1-2-4-6-5-3-1;1-5(2,3)4;;/h6*1-5H;(H2,1,2,3,4);;/q;;;;;;;2*+1/p-2. The van der Waals surface area contributed by atoms with E-state index >= 15 is 0 Å². The number of benzene rings is 6. The van der Waals surface area contributed by atoms with Crippen molar-refractivity contribution >= 4 is 69.5 Å². The molecule has 6 aromatic carbocycles. The molecular weight excluding hydrogens is 766 g/mol. The minimum atomic E-state index is -4.73. The molecule has 0 spiro atoms. The molecule has 212 valence electrons. The van der Waals surface area contributed by atoms with Crippen molar-refractivity contribution in [2.75, 3.05) is 0 Å². The Kier molecular flexibility index (Phi) is 9.16. The van der Waals surface area contributed by atoms with Gasteiger partial charge in [0.1, 0.15) is 0 Å². The van der Waals surface area contributed by atoms with E-state index in [4.69, 9.17) is 5.04 Å². The van der Waals surface area contributed by atoms with Crippen LogP contribution in [0.3, 0.4) is 0 Å². The first kappa shape index (κ1) is 29.8. The van der Waals surface area contributed by atoms with Gasteiger partial charge >= 0.3 is 265 Å². The third-order valence-corrected chi connectivity index (χ3v) is 35.9. The zero-order valence-corrected chi connectivity index (χ0v) is 29.9. The summed E-state index contributed by atoms with van der Waals surface area (Å²) in [5, 5.41) is 0. The molecule has 43 heavy (non-hydrogen) atoms. The average Bonchev–Trinajstić information content (AvgIpc) is 3.08. The Morgan fingerprint density at radius 1 is 0.302 bits per heavy atom. The van der Waals surface area contributed by atoms with Gasteiger partial charge in [-0.05, 0) is 0 Å². The summed E-state index contributed by atoms with van der Waals surface area (Å²) >= 11 is -9.47. The Labute approximate surface area is 262 Å². The van der Waals surface area contributed by atoms with Crippen molar-refractivity contribution in [3.8, 4) is 0 Å². The Morgan fingerprint density at radius 3 is 0.628 bits per heavy atom. The molecule has 0 aliphatic heterocycles. The number of rotatable bonds is 10. The van der Waals surface area contributed by atoms with Gasteiger partial charge in [-0.1, -0.05) is 0 Å². The van der Waals surface area contributed by atoms with Gasteiger partial charge in [-0.3, -0.25) is 0 Å². The van der Waals surface area contributed by atoms with Crippen LogP contribution in [-0.2, 0) is 15.4 Å². The van der Waals surface area contributed by atoms with Crippen molar-refractivity contribution in [1.29, 1.82) is 0 Å². The van der Waals surface area contributed by atoms with E-state index in [-0.39, 0.29) is 0 Å². The predicted molar refractivity (Wildman–Crippen MR) is 179 cm³/mol. The topological polar surface area (TPSA) is 52.6 Å². The maximum atomic E-state index is 14.8. The molecule has 0 saturated carbocycles. The molecule has 6 rings (SSSR count). The Bertz CT molecular complexity index is 1530. The fraction of sp³-hybridized carbons (Fsp3) is 0. The Morgan fingerprint density at radius 2 is 0.465 bits per heavy atom. The molecule has 0 saturated heterocycles. The van der Waals surface area contributed by atoms with Crippen LogP contribution in [0.1, 0.15) is 0 Å². The molecule has 0 unspecified atom stereocenters. The fourth-order valence-electron chi connectivity index (χ4n) is 5.65. The summed E-state index contributed by atoms with van der Waals surface area (Å²) in [6.07, 6.45) is 0. The summed E-state index contributed by atoms with van der Waals surface area (Å²) in [7, 11) is -4.60. The van der Waals surface area contributed by atoms with Crippen LogP contribution in [0.2, 0.25) is 0 Å².